The fourth-order valence-electron chi connectivity index (χ4n) is 1.61. The Morgan fingerprint density at radius 1 is 1.24 bits per heavy atom. The number of hydrogen-bond donors (Lipinski definition) is 4. The van der Waals surface area contributed by atoms with Crippen LogP contribution < -0.4 is 16.0 Å². The Hall–Kier alpha value is -2.76. The molecule has 0 saturated carbocycles. The van der Waals surface area contributed by atoms with Crippen molar-refractivity contribution in [2.75, 3.05) is 13.1 Å². The van der Waals surface area contributed by atoms with E-state index in [0.29, 0.717) is 0 Å². The second-order valence-corrected chi connectivity index (χ2v) is 6.59. The molecule has 0 fully saturated rings. The van der Waals surface area contributed by atoms with Gasteiger partial charge in [0.1, 0.15) is 23.3 Å². The van der Waals surface area contributed by atoms with Crippen LogP contribution in [0.1, 0.15) is 34.6 Å². The molecule has 0 saturated heterocycles. The topological polar surface area (TPSA) is 141 Å². The minimum absolute atomic E-state index is 0.218. The van der Waals surface area contributed by atoms with Crippen LogP contribution in [0.15, 0.2) is 11.8 Å². The van der Waals surface area contributed by atoms with Gasteiger partial charge in [-0.25, -0.2) is 9.59 Å². The SMILES string of the molecule is CC(C)C(NC(=O)/C(C#N)=C\NCCNC(=O)OC(C)(C)C)C(=O)O. The van der Waals surface area contributed by atoms with E-state index in [1.54, 1.807) is 40.7 Å². The molecular weight excluding hydrogens is 328 g/mol. The quantitative estimate of drug-likeness (QED) is 0.286. The number of nitrogens with zero attached hydrogens (tertiary/aromatic N) is 1. The molecule has 0 spiro atoms. The number of alkyl carbamates (subject to hydrolysis) is 1. The van der Waals surface area contributed by atoms with Gasteiger partial charge in [-0.3, -0.25) is 4.79 Å². The number of ether oxygens (including phenoxy) is 1. The molecule has 0 aromatic rings. The van der Waals surface area contributed by atoms with Gasteiger partial charge in [0.05, 0.1) is 0 Å². The van der Waals surface area contributed by atoms with Crippen molar-refractivity contribution in [1.29, 1.82) is 5.26 Å². The molecule has 1 unspecified atom stereocenters. The zero-order chi connectivity index (χ0) is 19.6. The molecule has 0 aliphatic heterocycles. The highest BCUT2D eigenvalue weighted by molar-refractivity contribution is 5.99. The summed E-state index contributed by atoms with van der Waals surface area (Å²) >= 11 is 0. The number of rotatable bonds is 8. The number of nitrogens with one attached hydrogen (secondary N) is 3. The molecule has 2 amide bonds. The summed E-state index contributed by atoms with van der Waals surface area (Å²) < 4.78 is 5.05. The summed E-state index contributed by atoms with van der Waals surface area (Å²) in [5.41, 5.74) is -0.857. The maximum absolute atomic E-state index is 11.9. The van der Waals surface area contributed by atoms with Crippen LogP contribution in [-0.2, 0) is 14.3 Å². The fourth-order valence-corrected chi connectivity index (χ4v) is 1.61. The van der Waals surface area contributed by atoms with Crippen LogP contribution in [0.3, 0.4) is 0 Å². The number of carboxylic acid groups (broad SMARTS) is 1. The third-order valence-corrected chi connectivity index (χ3v) is 2.77. The molecule has 1 atom stereocenters. The highest BCUT2D eigenvalue weighted by atomic mass is 16.6. The lowest BCUT2D eigenvalue weighted by atomic mass is 10.0. The lowest BCUT2D eigenvalue weighted by molar-refractivity contribution is -0.142. The van der Waals surface area contributed by atoms with Crippen LogP contribution in [0, 0.1) is 17.2 Å². The standard InChI is InChI=1S/C16H26N4O5/c1-10(2)12(14(22)23)20-13(21)11(8-17)9-18-6-7-19-15(24)25-16(3,4)5/h9-10,12,18H,6-7H2,1-5H3,(H,19,24)(H,20,21)(H,22,23)/b11-9-. The van der Waals surface area contributed by atoms with Crippen molar-refractivity contribution in [2.24, 2.45) is 5.92 Å². The Bertz CT molecular complexity index is 558. The van der Waals surface area contributed by atoms with Gasteiger partial charge in [-0.05, 0) is 26.7 Å². The van der Waals surface area contributed by atoms with Crippen molar-refractivity contribution >= 4 is 18.0 Å². The van der Waals surface area contributed by atoms with Gasteiger partial charge in [0.25, 0.3) is 5.91 Å². The molecule has 25 heavy (non-hydrogen) atoms. The molecule has 0 radical (unpaired) electrons. The third kappa shape index (κ3) is 9.86. The van der Waals surface area contributed by atoms with E-state index in [4.69, 9.17) is 15.1 Å². The number of carboxylic acids is 1. The van der Waals surface area contributed by atoms with Gasteiger partial charge in [-0.15, -0.1) is 0 Å². The Balaban J connectivity index is 4.43. The van der Waals surface area contributed by atoms with Gasteiger partial charge in [0.15, 0.2) is 0 Å². The van der Waals surface area contributed by atoms with Crippen LogP contribution in [-0.4, -0.2) is 47.8 Å². The largest absolute Gasteiger partial charge is 0.480 e. The second-order valence-electron chi connectivity index (χ2n) is 6.59. The van der Waals surface area contributed by atoms with Gasteiger partial charge in [0, 0.05) is 19.3 Å². The molecule has 9 heteroatoms. The number of carbonyl (C=O) groups excluding carboxylic acids is 2. The molecule has 0 aliphatic carbocycles. The van der Waals surface area contributed by atoms with Gasteiger partial charge >= 0.3 is 12.1 Å². The molecule has 9 nitrogen and oxygen atoms in total. The summed E-state index contributed by atoms with van der Waals surface area (Å²) in [6.07, 6.45) is 0.600. The van der Waals surface area contributed by atoms with Gasteiger partial charge in [0.2, 0.25) is 0 Å². The lowest BCUT2D eigenvalue weighted by Gasteiger charge is -2.19. The fraction of sp³-hybridized carbons (Fsp3) is 0.625. The van der Waals surface area contributed by atoms with E-state index in [1.165, 1.54) is 6.20 Å². The van der Waals surface area contributed by atoms with Crippen molar-refractivity contribution in [2.45, 2.75) is 46.3 Å². The number of amides is 2. The molecule has 0 aromatic heterocycles. The summed E-state index contributed by atoms with van der Waals surface area (Å²) in [6, 6.07) is 0.612. The molecule has 140 valence electrons. The first-order valence-electron chi connectivity index (χ1n) is 7.82. The average molecular weight is 354 g/mol. The van der Waals surface area contributed by atoms with E-state index >= 15 is 0 Å². The van der Waals surface area contributed by atoms with Crippen LogP contribution in [0.4, 0.5) is 4.79 Å². The highest BCUT2D eigenvalue weighted by Gasteiger charge is 2.24. The van der Waals surface area contributed by atoms with Crippen molar-refractivity contribution in [3.63, 3.8) is 0 Å². The molecule has 0 rings (SSSR count). The molecule has 0 heterocycles. The minimum atomic E-state index is -1.17. The number of aliphatic carboxylic acids is 1. The van der Waals surface area contributed by atoms with Gasteiger partial charge in [-0.1, -0.05) is 13.8 Å². The highest BCUT2D eigenvalue weighted by Crippen LogP contribution is 2.06. The van der Waals surface area contributed by atoms with E-state index in [2.05, 4.69) is 16.0 Å². The van der Waals surface area contributed by atoms with E-state index in [-0.39, 0.29) is 24.6 Å². The smallest absolute Gasteiger partial charge is 0.407 e. The van der Waals surface area contributed by atoms with Crippen LogP contribution >= 0.6 is 0 Å². The molecule has 0 aliphatic rings. The Kier molecular flexibility index (Phi) is 9.05. The lowest BCUT2D eigenvalue weighted by Crippen LogP contribution is -2.45. The maximum atomic E-state index is 11.9. The normalized spacial score (nSPS) is 12.8. The summed E-state index contributed by atoms with van der Waals surface area (Å²) in [5.74, 6) is -2.28. The van der Waals surface area contributed by atoms with E-state index in [9.17, 15) is 14.4 Å². The first-order valence-corrected chi connectivity index (χ1v) is 7.82. The Morgan fingerprint density at radius 3 is 2.28 bits per heavy atom. The first-order chi connectivity index (χ1) is 11.5. The van der Waals surface area contributed by atoms with Crippen molar-refractivity contribution in [3.05, 3.63) is 11.8 Å². The van der Waals surface area contributed by atoms with Crippen LogP contribution in [0.2, 0.25) is 0 Å². The second kappa shape index (κ2) is 10.2. The molecule has 4 N–H and O–H groups in total. The molecule has 0 aromatic carbocycles. The van der Waals surface area contributed by atoms with E-state index < -0.39 is 29.6 Å². The number of carbonyl (C=O) groups is 3. The van der Waals surface area contributed by atoms with E-state index in [1.807, 2.05) is 0 Å². The first kappa shape index (κ1) is 22.2. The van der Waals surface area contributed by atoms with Crippen LogP contribution in [0.25, 0.3) is 0 Å². The minimum Gasteiger partial charge on any atom is -0.480 e. The Morgan fingerprint density at radius 2 is 1.84 bits per heavy atom. The predicted molar refractivity (Wildman–Crippen MR) is 90.3 cm³/mol. The zero-order valence-electron chi connectivity index (χ0n) is 15.2. The summed E-state index contributed by atoms with van der Waals surface area (Å²) in [7, 11) is 0. The number of hydrogen-bond acceptors (Lipinski definition) is 6. The monoisotopic (exact) mass is 354 g/mol. The van der Waals surface area contributed by atoms with E-state index in [0.717, 1.165) is 0 Å². The summed E-state index contributed by atoms with van der Waals surface area (Å²) in [5, 5.41) is 25.5. The number of nitriles is 1. The summed E-state index contributed by atoms with van der Waals surface area (Å²) in [4.78, 5) is 34.4. The van der Waals surface area contributed by atoms with Crippen molar-refractivity contribution in [3.8, 4) is 6.07 Å². The summed E-state index contributed by atoms with van der Waals surface area (Å²) in [6.45, 7) is 9.00. The maximum Gasteiger partial charge on any atom is 0.407 e. The Labute approximate surface area is 147 Å². The average Bonchev–Trinajstić information content (AvgIpc) is 2.45. The zero-order valence-corrected chi connectivity index (χ0v) is 15.2. The molecule has 0 bridgehead atoms. The van der Waals surface area contributed by atoms with Crippen LogP contribution in [0.5, 0.6) is 0 Å². The predicted octanol–water partition coefficient (Wildman–Crippen LogP) is 0.734. The third-order valence-electron chi connectivity index (χ3n) is 2.77. The van der Waals surface area contributed by atoms with Gasteiger partial charge in [-0.2, -0.15) is 5.26 Å². The van der Waals surface area contributed by atoms with Crippen molar-refractivity contribution < 1.29 is 24.2 Å². The molecular formula is C16H26N4O5. The van der Waals surface area contributed by atoms with Crippen molar-refractivity contribution in [1.82, 2.24) is 16.0 Å². The van der Waals surface area contributed by atoms with Gasteiger partial charge < -0.3 is 25.8 Å².